The fourth-order valence-electron chi connectivity index (χ4n) is 3.66. The standard InChI is InChI=1S/C22H28N6O5/c1-22(2,3)33-21(31)28-10-8-27(9-11-28)16-6-4-14(5-7-16)18-17(19(29)30)26-20(32-18)25-15-12-23-24-13-15/h4-7,15H,8-13H2,1-3H3,(H,25,26)(H,29,30). The fourth-order valence-corrected chi connectivity index (χ4v) is 3.66. The van der Waals surface area contributed by atoms with Crippen LogP contribution < -0.4 is 10.2 Å². The number of aromatic carboxylic acids is 1. The van der Waals surface area contributed by atoms with E-state index in [0.717, 1.165) is 5.69 Å². The second kappa shape index (κ2) is 9.08. The molecule has 33 heavy (non-hydrogen) atoms. The van der Waals surface area contributed by atoms with E-state index in [-0.39, 0.29) is 29.6 Å². The number of oxazole rings is 1. The highest BCUT2D eigenvalue weighted by Crippen LogP contribution is 2.30. The number of hydrogen-bond acceptors (Lipinski definition) is 9. The first-order valence-electron chi connectivity index (χ1n) is 10.9. The van der Waals surface area contributed by atoms with Crippen molar-refractivity contribution < 1.29 is 23.8 Å². The van der Waals surface area contributed by atoms with Crippen molar-refractivity contribution in [1.82, 2.24) is 9.88 Å². The third-order valence-electron chi connectivity index (χ3n) is 5.29. The molecule has 1 aromatic heterocycles. The van der Waals surface area contributed by atoms with Gasteiger partial charge in [0.25, 0.3) is 6.01 Å². The summed E-state index contributed by atoms with van der Waals surface area (Å²) in [4.78, 5) is 31.9. The van der Waals surface area contributed by atoms with Gasteiger partial charge in [-0.15, -0.1) is 0 Å². The van der Waals surface area contributed by atoms with Crippen molar-refractivity contribution in [2.24, 2.45) is 10.2 Å². The summed E-state index contributed by atoms with van der Waals surface area (Å²) in [5, 5.41) is 20.4. The number of piperazine rings is 1. The number of carbonyl (C=O) groups is 2. The predicted molar refractivity (Wildman–Crippen MR) is 121 cm³/mol. The van der Waals surface area contributed by atoms with Gasteiger partial charge in [-0.1, -0.05) is 0 Å². The Morgan fingerprint density at radius 2 is 1.73 bits per heavy atom. The lowest BCUT2D eigenvalue weighted by molar-refractivity contribution is 0.0240. The SMILES string of the molecule is CC(C)(C)OC(=O)N1CCN(c2ccc(-c3oc(NC4CN=NC4)nc3C(=O)O)cc2)CC1. The van der Waals surface area contributed by atoms with E-state index in [9.17, 15) is 14.7 Å². The summed E-state index contributed by atoms with van der Waals surface area (Å²) >= 11 is 0. The third-order valence-corrected chi connectivity index (χ3v) is 5.29. The normalized spacial score (nSPS) is 16.8. The van der Waals surface area contributed by atoms with Crippen LogP contribution in [0.2, 0.25) is 0 Å². The molecule has 3 heterocycles. The van der Waals surface area contributed by atoms with Gasteiger partial charge in [-0.3, -0.25) is 0 Å². The Hall–Kier alpha value is -3.63. The van der Waals surface area contributed by atoms with Gasteiger partial charge in [0.15, 0.2) is 11.5 Å². The third kappa shape index (κ3) is 5.41. The van der Waals surface area contributed by atoms with Crippen LogP contribution in [0.1, 0.15) is 31.3 Å². The summed E-state index contributed by atoms with van der Waals surface area (Å²) in [6.45, 7) is 9.03. The molecule has 11 nitrogen and oxygen atoms in total. The van der Waals surface area contributed by atoms with Crippen LogP contribution in [-0.2, 0) is 4.74 Å². The number of carboxylic acid groups (broad SMARTS) is 1. The molecule has 0 saturated carbocycles. The van der Waals surface area contributed by atoms with Gasteiger partial charge in [0, 0.05) is 37.4 Å². The number of anilines is 2. The molecule has 4 rings (SSSR count). The molecule has 1 aromatic carbocycles. The highest BCUT2D eigenvalue weighted by molar-refractivity contribution is 5.92. The largest absolute Gasteiger partial charge is 0.476 e. The van der Waals surface area contributed by atoms with Crippen LogP contribution in [0.15, 0.2) is 38.9 Å². The summed E-state index contributed by atoms with van der Waals surface area (Å²) in [6.07, 6.45) is -0.298. The molecule has 176 valence electrons. The number of azo groups is 1. The molecule has 0 aliphatic carbocycles. The number of carboxylic acids is 1. The van der Waals surface area contributed by atoms with Gasteiger partial charge < -0.3 is 29.4 Å². The number of rotatable bonds is 5. The maximum atomic E-state index is 12.3. The number of amides is 1. The highest BCUT2D eigenvalue weighted by atomic mass is 16.6. The van der Waals surface area contributed by atoms with Crippen molar-refractivity contribution in [2.45, 2.75) is 32.4 Å². The van der Waals surface area contributed by atoms with E-state index < -0.39 is 11.6 Å². The minimum absolute atomic E-state index is 0.0557. The van der Waals surface area contributed by atoms with Crippen molar-refractivity contribution in [3.8, 4) is 11.3 Å². The van der Waals surface area contributed by atoms with Gasteiger partial charge in [-0.25, -0.2) is 9.59 Å². The molecule has 0 spiro atoms. The minimum Gasteiger partial charge on any atom is -0.476 e. The van der Waals surface area contributed by atoms with Gasteiger partial charge in [0.2, 0.25) is 0 Å². The van der Waals surface area contributed by atoms with E-state index in [1.165, 1.54) is 0 Å². The second-order valence-electron chi connectivity index (χ2n) is 8.99. The summed E-state index contributed by atoms with van der Waals surface area (Å²) in [5.74, 6) is -0.969. The molecule has 0 unspecified atom stereocenters. The van der Waals surface area contributed by atoms with Crippen LogP contribution in [-0.4, -0.2) is 78.0 Å². The first-order chi connectivity index (χ1) is 15.7. The smallest absolute Gasteiger partial charge is 0.410 e. The lowest BCUT2D eigenvalue weighted by atomic mass is 10.1. The van der Waals surface area contributed by atoms with Gasteiger partial charge in [0.05, 0.1) is 19.1 Å². The first-order valence-corrected chi connectivity index (χ1v) is 10.9. The highest BCUT2D eigenvalue weighted by Gasteiger charge is 2.27. The Morgan fingerprint density at radius 1 is 1.09 bits per heavy atom. The zero-order valence-corrected chi connectivity index (χ0v) is 18.9. The summed E-state index contributed by atoms with van der Waals surface area (Å²) in [6, 6.07) is 7.53. The zero-order valence-electron chi connectivity index (χ0n) is 18.9. The number of nitrogens with zero attached hydrogens (tertiary/aromatic N) is 5. The Bertz CT molecular complexity index is 1030. The molecule has 0 bridgehead atoms. The maximum Gasteiger partial charge on any atom is 0.410 e. The fraction of sp³-hybridized carbons (Fsp3) is 0.500. The van der Waals surface area contributed by atoms with Gasteiger partial charge in [-0.2, -0.15) is 15.2 Å². The molecule has 11 heteroatoms. The maximum absolute atomic E-state index is 12.3. The topological polar surface area (TPSA) is 133 Å². The van der Waals surface area contributed by atoms with Crippen LogP contribution in [0.3, 0.4) is 0 Å². The number of hydrogen-bond donors (Lipinski definition) is 2. The van der Waals surface area contributed by atoms with Crippen LogP contribution in [0.25, 0.3) is 11.3 Å². The summed E-state index contributed by atoms with van der Waals surface area (Å²) in [7, 11) is 0. The average Bonchev–Trinajstić information content (AvgIpc) is 3.43. The van der Waals surface area contributed by atoms with Crippen LogP contribution >= 0.6 is 0 Å². The first kappa shape index (κ1) is 22.6. The molecule has 0 radical (unpaired) electrons. The number of carbonyl (C=O) groups excluding carboxylic acids is 1. The zero-order chi connectivity index (χ0) is 23.6. The van der Waals surface area contributed by atoms with E-state index in [1.807, 2.05) is 45.0 Å². The molecule has 1 fully saturated rings. The number of ether oxygens (including phenoxy) is 1. The van der Waals surface area contributed by atoms with Crippen molar-refractivity contribution >= 4 is 23.8 Å². The van der Waals surface area contributed by atoms with Gasteiger partial charge >= 0.3 is 12.1 Å². The molecule has 0 atom stereocenters. The molecule has 2 aromatic rings. The van der Waals surface area contributed by atoms with E-state index >= 15 is 0 Å². The number of benzene rings is 1. The average molecular weight is 457 g/mol. The molecule has 1 saturated heterocycles. The molecular weight excluding hydrogens is 428 g/mol. The minimum atomic E-state index is -1.16. The number of nitrogens with one attached hydrogen (secondary N) is 1. The van der Waals surface area contributed by atoms with Crippen LogP contribution in [0, 0.1) is 0 Å². The van der Waals surface area contributed by atoms with Crippen molar-refractivity contribution in [3.05, 3.63) is 30.0 Å². The van der Waals surface area contributed by atoms with Crippen molar-refractivity contribution in [2.75, 3.05) is 49.5 Å². The Labute approximate surface area is 191 Å². The second-order valence-corrected chi connectivity index (χ2v) is 8.99. The van der Waals surface area contributed by atoms with E-state index in [4.69, 9.17) is 9.15 Å². The van der Waals surface area contributed by atoms with Crippen molar-refractivity contribution in [3.63, 3.8) is 0 Å². The molecule has 2 N–H and O–H groups in total. The molecule has 1 amide bonds. The summed E-state index contributed by atoms with van der Waals surface area (Å²) < 4.78 is 11.2. The molecule has 2 aliphatic heterocycles. The number of aromatic nitrogens is 1. The van der Waals surface area contributed by atoms with Gasteiger partial charge in [-0.05, 0) is 45.0 Å². The van der Waals surface area contributed by atoms with Crippen molar-refractivity contribution in [1.29, 1.82) is 0 Å². The molecule has 2 aliphatic rings. The lowest BCUT2D eigenvalue weighted by Crippen LogP contribution is -2.50. The molecular formula is C22H28N6O5. The Morgan fingerprint density at radius 3 is 2.30 bits per heavy atom. The van der Waals surface area contributed by atoms with E-state index in [1.54, 1.807) is 4.90 Å². The quantitative estimate of drug-likeness (QED) is 0.700. The Balaban J connectivity index is 1.42. The van der Waals surface area contributed by atoms with E-state index in [0.29, 0.717) is 44.8 Å². The lowest BCUT2D eigenvalue weighted by Gasteiger charge is -2.36. The Kier molecular flexibility index (Phi) is 6.21. The summed E-state index contributed by atoms with van der Waals surface area (Å²) in [5.41, 5.74) is 0.927. The monoisotopic (exact) mass is 456 g/mol. The van der Waals surface area contributed by atoms with Crippen LogP contribution in [0.4, 0.5) is 16.5 Å². The van der Waals surface area contributed by atoms with Gasteiger partial charge in [0.1, 0.15) is 5.60 Å². The predicted octanol–water partition coefficient (Wildman–Crippen LogP) is 3.34. The van der Waals surface area contributed by atoms with E-state index in [2.05, 4.69) is 25.4 Å². The van der Waals surface area contributed by atoms with Crippen LogP contribution in [0.5, 0.6) is 0 Å².